The van der Waals surface area contributed by atoms with Crippen LogP contribution in [-0.4, -0.2) is 36.6 Å². The summed E-state index contributed by atoms with van der Waals surface area (Å²) in [6.07, 6.45) is 7.33. The SMILES string of the molecule is CN1CCC(CCNC2CCCc3[nH]c(=O)ccc32)CC1. The Balaban J connectivity index is 1.51. The fourth-order valence-electron chi connectivity index (χ4n) is 3.72. The first-order valence-corrected chi connectivity index (χ1v) is 8.36. The van der Waals surface area contributed by atoms with E-state index in [0.29, 0.717) is 6.04 Å². The highest BCUT2D eigenvalue weighted by molar-refractivity contribution is 5.26. The standard InChI is InChI=1S/C17H27N3O/c1-20-11-8-13(9-12-20)7-10-18-15-3-2-4-16-14(15)5-6-17(21)19-16/h5-6,13,15,18H,2-4,7-12H2,1H3,(H,19,21). The van der Waals surface area contributed by atoms with E-state index in [1.54, 1.807) is 6.07 Å². The summed E-state index contributed by atoms with van der Waals surface area (Å²) in [6.45, 7) is 3.59. The lowest BCUT2D eigenvalue weighted by Crippen LogP contribution is -2.33. The Morgan fingerprint density at radius 1 is 1.29 bits per heavy atom. The summed E-state index contributed by atoms with van der Waals surface area (Å²) in [5.74, 6) is 0.882. The van der Waals surface area contributed by atoms with Gasteiger partial charge in [0.2, 0.25) is 5.56 Å². The molecular weight excluding hydrogens is 262 g/mol. The van der Waals surface area contributed by atoms with Crippen molar-refractivity contribution in [3.63, 3.8) is 0 Å². The van der Waals surface area contributed by atoms with Crippen LogP contribution in [0.1, 0.15) is 49.4 Å². The maximum absolute atomic E-state index is 11.4. The summed E-state index contributed by atoms with van der Waals surface area (Å²) in [6, 6.07) is 4.10. The van der Waals surface area contributed by atoms with Gasteiger partial charge in [0.1, 0.15) is 0 Å². The Labute approximate surface area is 126 Å². The van der Waals surface area contributed by atoms with Crippen molar-refractivity contribution in [2.75, 3.05) is 26.7 Å². The minimum Gasteiger partial charge on any atom is -0.326 e. The van der Waals surface area contributed by atoms with Gasteiger partial charge in [-0.25, -0.2) is 0 Å². The summed E-state index contributed by atoms with van der Waals surface area (Å²) in [5.41, 5.74) is 2.48. The number of aromatic amines is 1. The highest BCUT2D eigenvalue weighted by atomic mass is 16.1. The van der Waals surface area contributed by atoms with Gasteiger partial charge >= 0.3 is 0 Å². The van der Waals surface area contributed by atoms with E-state index in [9.17, 15) is 4.79 Å². The van der Waals surface area contributed by atoms with Gasteiger partial charge in [0, 0.05) is 17.8 Å². The third-order valence-electron chi connectivity index (χ3n) is 5.11. The zero-order valence-electron chi connectivity index (χ0n) is 13.0. The minimum absolute atomic E-state index is 0.0284. The Morgan fingerprint density at radius 2 is 2.10 bits per heavy atom. The highest BCUT2D eigenvalue weighted by Crippen LogP contribution is 2.28. The number of hydrogen-bond donors (Lipinski definition) is 2. The number of H-pyrrole nitrogens is 1. The number of nitrogens with one attached hydrogen (secondary N) is 2. The van der Waals surface area contributed by atoms with Crippen LogP contribution in [0.5, 0.6) is 0 Å². The second-order valence-corrected chi connectivity index (χ2v) is 6.69. The monoisotopic (exact) mass is 289 g/mol. The van der Waals surface area contributed by atoms with Crippen molar-refractivity contribution in [2.45, 2.75) is 44.6 Å². The van der Waals surface area contributed by atoms with Crippen LogP contribution in [0.2, 0.25) is 0 Å². The van der Waals surface area contributed by atoms with Crippen LogP contribution >= 0.6 is 0 Å². The number of nitrogens with zero attached hydrogens (tertiary/aromatic N) is 1. The molecule has 0 spiro atoms. The van der Waals surface area contributed by atoms with Gasteiger partial charge in [-0.1, -0.05) is 6.07 Å². The molecule has 1 atom stereocenters. The molecule has 1 aromatic rings. The predicted molar refractivity (Wildman–Crippen MR) is 85.6 cm³/mol. The van der Waals surface area contributed by atoms with Gasteiger partial charge in [-0.15, -0.1) is 0 Å². The lowest BCUT2D eigenvalue weighted by atomic mass is 9.90. The largest absolute Gasteiger partial charge is 0.326 e. The third-order valence-corrected chi connectivity index (χ3v) is 5.11. The van der Waals surface area contributed by atoms with Gasteiger partial charge in [-0.05, 0) is 76.7 Å². The Kier molecular flexibility index (Phi) is 4.76. The number of rotatable bonds is 4. The molecule has 0 amide bonds. The van der Waals surface area contributed by atoms with Crippen LogP contribution < -0.4 is 10.9 Å². The van der Waals surface area contributed by atoms with E-state index in [2.05, 4.69) is 22.2 Å². The maximum atomic E-state index is 11.4. The molecule has 0 saturated carbocycles. The molecule has 1 aliphatic heterocycles. The summed E-state index contributed by atoms with van der Waals surface area (Å²) < 4.78 is 0. The second kappa shape index (κ2) is 6.75. The molecule has 21 heavy (non-hydrogen) atoms. The fraction of sp³-hybridized carbons (Fsp3) is 0.706. The van der Waals surface area contributed by atoms with Crippen molar-refractivity contribution >= 4 is 0 Å². The van der Waals surface area contributed by atoms with Gasteiger partial charge in [0.05, 0.1) is 0 Å². The van der Waals surface area contributed by atoms with Gasteiger partial charge in [0.15, 0.2) is 0 Å². The zero-order chi connectivity index (χ0) is 14.7. The van der Waals surface area contributed by atoms with Crippen LogP contribution in [0.4, 0.5) is 0 Å². The van der Waals surface area contributed by atoms with Crippen LogP contribution in [0.25, 0.3) is 0 Å². The van der Waals surface area contributed by atoms with Gasteiger partial charge < -0.3 is 15.2 Å². The van der Waals surface area contributed by atoms with E-state index < -0.39 is 0 Å². The molecular formula is C17H27N3O. The number of piperidine rings is 1. The van der Waals surface area contributed by atoms with Crippen molar-refractivity contribution in [3.05, 3.63) is 33.7 Å². The molecule has 2 aliphatic rings. The molecule has 1 aliphatic carbocycles. The smallest absolute Gasteiger partial charge is 0.248 e. The second-order valence-electron chi connectivity index (χ2n) is 6.69. The lowest BCUT2D eigenvalue weighted by Gasteiger charge is -2.30. The quantitative estimate of drug-likeness (QED) is 0.892. The maximum Gasteiger partial charge on any atom is 0.248 e. The molecule has 1 aromatic heterocycles. The summed E-state index contributed by atoms with van der Waals surface area (Å²) >= 11 is 0. The van der Waals surface area contributed by atoms with Crippen molar-refractivity contribution < 1.29 is 0 Å². The van der Waals surface area contributed by atoms with Crippen LogP contribution in [0, 0.1) is 5.92 Å². The van der Waals surface area contributed by atoms with Gasteiger partial charge in [-0.3, -0.25) is 4.79 Å². The molecule has 3 rings (SSSR count). The zero-order valence-corrected chi connectivity index (χ0v) is 13.0. The Bertz CT molecular complexity index is 517. The van der Waals surface area contributed by atoms with Gasteiger partial charge in [0.25, 0.3) is 0 Å². The Hall–Kier alpha value is -1.13. The number of aryl methyl sites for hydroxylation is 1. The van der Waals surface area contributed by atoms with Crippen LogP contribution in [0.15, 0.2) is 16.9 Å². The van der Waals surface area contributed by atoms with E-state index in [4.69, 9.17) is 0 Å². The normalized spacial score (nSPS) is 24.0. The van der Waals surface area contributed by atoms with Crippen molar-refractivity contribution in [2.24, 2.45) is 5.92 Å². The Morgan fingerprint density at radius 3 is 2.90 bits per heavy atom. The molecule has 2 heterocycles. The van der Waals surface area contributed by atoms with E-state index in [1.807, 2.05) is 6.07 Å². The minimum atomic E-state index is 0.0284. The highest BCUT2D eigenvalue weighted by Gasteiger charge is 2.21. The molecule has 0 aromatic carbocycles. The summed E-state index contributed by atoms with van der Waals surface area (Å²) in [4.78, 5) is 16.8. The number of hydrogen-bond acceptors (Lipinski definition) is 3. The van der Waals surface area contributed by atoms with E-state index in [-0.39, 0.29) is 5.56 Å². The van der Waals surface area contributed by atoms with E-state index in [1.165, 1.54) is 50.8 Å². The molecule has 1 saturated heterocycles. The molecule has 1 unspecified atom stereocenters. The van der Waals surface area contributed by atoms with E-state index in [0.717, 1.165) is 24.6 Å². The molecule has 0 bridgehead atoms. The molecule has 0 radical (unpaired) electrons. The predicted octanol–water partition coefficient (Wildman–Crippen LogP) is 2.07. The van der Waals surface area contributed by atoms with E-state index >= 15 is 0 Å². The first-order chi connectivity index (χ1) is 10.2. The first kappa shape index (κ1) is 14.8. The lowest BCUT2D eigenvalue weighted by molar-refractivity contribution is 0.210. The topological polar surface area (TPSA) is 48.1 Å². The molecule has 4 heteroatoms. The average molecular weight is 289 g/mol. The summed E-state index contributed by atoms with van der Waals surface area (Å²) in [7, 11) is 2.22. The van der Waals surface area contributed by atoms with Crippen molar-refractivity contribution in [3.8, 4) is 0 Å². The molecule has 116 valence electrons. The number of likely N-dealkylation sites (tertiary alicyclic amines) is 1. The van der Waals surface area contributed by atoms with Crippen molar-refractivity contribution in [1.29, 1.82) is 0 Å². The molecule has 1 fully saturated rings. The summed E-state index contributed by atoms with van der Waals surface area (Å²) in [5, 5.41) is 3.72. The molecule has 2 N–H and O–H groups in total. The van der Waals surface area contributed by atoms with Gasteiger partial charge in [-0.2, -0.15) is 0 Å². The first-order valence-electron chi connectivity index (χ1n) is 8.36. The number of aromatic nitrogens is 1. The number of fused-ring (bicyclic) bond motifs is 1. The van der Waals surface area contributed by atoms with Crippen LogP contribution in [0.3, 0.4) is 0 Å². The van der Waals surface area contributed by atoms with Crippen LogP contribution in [-0.2, 0) is 6.42 Å². The molecule has 4 nitrogen and oxygen atoms in total. The number of pyridine rings is 1. The average Bonchev–Trinajstić information content (AvgIpc) is 2.49. The third kappa shape index (κ3) is 3.74. The van der Waals surface area contributed by atoms with Crippen molar-refractivity contribution in [1.82, 2.24) is 15.2 Å². The fourth-order valence-corrected chi connectivity index (χ4v) is 3.72.